The van der Waals surface area contributed by atoms with Gasteiger partial charge in [0.25, 0.3) is 0 Å². The Bertz CT molecular complexity index is 424. The normalized spacial score (nSPS) is 25.1. The van der Waals surface area contributed by atoms with Crippen LogP contribution in [0.3, 0.4) is 0 Å². The SMILES string of the molecule is CCCC1CN(Cc2cc(Br)cs2)C(C(C)(C)C)CN1. The molecule has 4 heteroatoms. The van der Waals surface area contributed by atoms with Crippen LogP contribution in [0.2, 0.25) is 0 Å². The zero-order valence-electron chi connectivity index (χ0n) is 13.1. The van der Waals surface area contributed by atoms with E-state index in [1.54, 1.807) is 0 Å². The summed E-state index contributed by atoms with van der Waals surface area (Å²) < 4.78 is 1.21. The van der Waals surface area contributed by atoms with Crippen LogP contribution in [0.5, 0.6) is 0 Å². The Morgan fingerprint density at radius 2 is 2.20 bits per heavy atom. The molecule has 0 saturated carbocycles. The van der Waals surface area contributed by atoms with Crippen molar-refractivity contribution in [3.8, 4) is 0 Å². The van der Waals surface area contributed by atoms with Crippen molar-refractivity contribution in [3.63, 3.8) is 0 Å². The Hall–Kier alpha value is 0.1000. The van der Waals surface area contributed by atoms with E-state index < -0.39 is 0 Å². The average molecular weight is 359 g/mol. The first-order chi connectivity index (χ1) is 9.40. The van der Waals surface area contributed by atoms with E-state index in [4.69, 9.17) is 0 Å². The fourth-order valence-corrected chi connectivity index (χ4v) is 4.57. The van der Waals surface area contributed by atoms with Crippen molar-refractivity contribution in [3.05, 3.63) is 20.8 Å². The average Bonchev–Trinajstić information content (AvgIpc) is 2.74. The molecule has 1 saturated heterocycles. The summed E-state index contributed by atoms with van der Waals surface area (Å²) in [4.78, 5) is 4.15. The van der Waals surface area contributed by atoms with E-state index in [-0.39, 0.29) is 0 Å². The smallest absolute Gasteiger partial charge is 0.0332 e. The first kappa shape index (κ1) is 16.5. The Morgan fingerprint density at radius 1 is 1.45 bits per heavy atom. The third-order valence-corrected chi connectivity index (χ3v) is 5.80. The topological polar surface area (TPSA) is 15.3 Å². The Morgan fingerprint density at radius 3 is 2.75 bits per heavy atom. The van der Waals surface area contributed by atoms with Gasteiger partial charge in [-0.1, -0.05) is 34.1 Å². The highest BCUT2D eigenvalue weighted by Crippen LogP contribution is 2.30. The van der Waals surface area contributed by atoms with E-state index in [0.29, 0.717) is 17.5 Å². The Labute approximate surface area is 136 Å². The van der Waals surface area contributed by atoms with E-state index in [1.807, 2.05) is 11.3 Å². The highest BCUT2D eigenvalue weighted by Gasteiger charge is 2.35. The molecule has 0 radical (unpaired) electrons. The maximum atomic E-state index is 3.75. The first-order valence-corrected chi connectivity index (χ1v) is 9.27. The Balaban J connectivity index is 2.09. The molecular weight excluding hydrogens is 332 g/mol. The molecule has 0 aliphatic carbocycles. The van der Waals surface area contributed by atoms with Gasteiger partial charge < -0.3 is 5.32 Å². The van der Waals surface area contributed by atoms with Gasteiger partial charge in [0.2, 0.25) is 0 Å². The van der Waals surface area contributed by atoms with Gasteiger partial charge in [0, 0.05) is 46.4 Å². The third kappa shape index (κ3) is 4.30. The van der Waals surface area contributed by atoms with E-state index in [2.05, 4.69) is 65.3 Å². The van der Waals surface area contributed by atoms with Crippen LogP contribution in [-0.4, -0.2) is 30.1 Å². The van der Waals surface area contributed by atoms with Gasteiger partial charge in [-0.25, -0.2) is 0 Å². The molecule has 0 aromatic carbocycles. The summed E-state index contributed by atoms with van der Waals surface area (Å²) in [6.07, 6.45) is 2.54. The minimum Gasteiger partial charge on any atom is -0.311 e. The molecular formula is C16H27BrN2S. The van der Waals surface area contributed by atoms with E-state index in [0.717, 1.165) is 13.1 Å². The highest BCUT2D eigenvalue weighted by atomic mass is 79.9. The Kier molecular flexibility index (Phi) is 5.69. The van der Waals surface area contributed by atoms with Crippen LogP contribution < -0.4 is 5.32 Å². The number of hydrogen-bond acceptors (Lipinski definition) is 3. The van der Waals surface area contributed by atoms with Crippen LogP contribution in [0.25, 0.3) is 0 Å². The molecule has 1 aliphatic rings. The van der Waals surface area contributed by atoms with Gasteiger partial charge in [-0.3, -0.25) is 4.90 Å². The molecule has 2 nitrogen and oxygen atoms in total. The van der Waals surface area contributed by atoms with Crippen molar-refractivity contribution in [2.45, 2.75) is 59.2 Å². The number of thiophene rings is 1. The molecule has 1 aromatic heterocycles. The van der Waals surface area contributed by atoms with Gasteiger partial charge in [0.05, 0.1) is 0 Å². The van der Waals surface area contributed by atoms with Gasteiger partial charge in [-0.2, -0.15) is 0 Å². The van der Waals surface area contributed by atoms with Crippen LogP contribution in [0.1, 0.15) is 45.4 Å². The van der Waals surface area contributed by atoms with Crippen LogP contribution in [-0.2, 0) is 6.54 Å². The highest BCUT2D eigenvalue weighted by molar-refractivity contribution is 9.10. The maximum Gasteiger partial charge on any atom is 0.0332 e. The van der Waals surface area contributed by atoms with Crippen molar-refractivity contribution in [2.24, 2.45) is 5.41 Å². The number of halogens is 1. The summed E-state index contributed by atoms with van der Waals surface area (Å²) in [5, 5.41) is 5.94. The lowest BCUT2D eigenvalue weighted by molar-refractivity contribution is 0.0482. The molecule has 2 rings (SSSR count). The molecule has 1 N–H and O–H groups in total. The summed E-state index contributed by atoms with van der Waals surface area (Å²) in [6, 6.07) is 3.53. The molecule has 1 aromatic rings. The molecule has 0 bridgehead atoms. The number of nitrogens with one attached hydrogen (secondary N) is 1. The van der Waals surface area contributed by atoms with Gasteiger partial charge >= 0.3 is 0 Å². The van der Waals surface area contributed by atoms with Crippen molar-refractivity contribution in [2.75, 3.05) is 13.1 Å². The van der Waals surface area contributed by atoms with Crippen LogP contribution >= 0.6 is 27.3 Å². The zero-order chi connectivity index (χ0) is 14.8. The molecule has 2 heterocycles. The van der Waals surface area contributed by atoms with E-state index in [9.17, 15) is 0 Å². The predicted octanol–water partition coefficient (Wildman–Crippen LogP) is 4.50. The second kappa shape index (κ2) is 6.91. The number of rotatable bonds is 4. The zero-order valence-corrected chi connectivity index (χ0v) is 15.5. The maximum absolute atomic E-state index is 3.75. The second-order valence-corrected chi connectivity index (χ2v) is 8.85. The fraction of sp³-hybridized carbons (Fsp3) is 0.750. The van der Waals surface area contributed by atoms with Crippen molar-refractivity contribution < 1.29 is 0 Å². The van der Waals surface area contributed by atoms with Crippen LogP contribution in [0, 0.1) is 5.41 Å². The summed E-state index contributed by atoms with van der Waals surface area (Å²) in [5.41, 5.74) is 0.318. The molecule has 20 heavy (non-hydrogen) atoms. The lowest BCUT2D eigenvalue weighted by Gasteiger charge is -2.46. The first-order valence-electron chi connectivity index (χ1n) is 7.60. The van der Waals surface area contributed by atoms with E-state index in [1.165, 1.54) is 28.7 Å². The lowest BCUT2D eigenvalue weighted by Crippen LogP contribution is -2.60. The van der Waals surface area contributed by atoms with Crippen LogP contribution in [0.15, 0.2) is 15.9 Å². The van der Waals surface area contributed by atoms with Crippen LogP contribution in [0.4, 0.5) is 0 Å². The molecule has 0 spiro atoms. The fourth-order valence-electron chi connectivity index (χ4n) is 3.09. The monoisotopic (exact) mass is 358 g/mol. The summed E-state index contributed by atoms with van der Waals surface area (Å²) in [7, 11) is 0. The lowest BCUT2D eigenvalue weighted by atomic mass is 9.83. The summed E-state index contributed by atoms with van der Waals surface area (Å²) in [5.74, 6) is 0. The molecule has 1 aliphatic heterocycles. The standard InChI is InChI=1S/C16H27BrN2S/c1-5-6-13-9-19(10-14-7-12(17)11-20-14)15(8-18-13)16(2,3)4/h7,11,13,15,18H,5-6,8-10H2,1-4H3. The third-order valence-electron chi connectivity index (χ3n) is 4.11. The molecule has 2 atom stereocenters. The largest absolute Gasteiger partial charge is 0.311 e. The molecule has 0 amide bonds. The molecule has 2 unspecified atom stereocenters. The van der Waals surface area contributed by atoms with Crippen molar-refractivity contribution in [1.82, 2.24) is 10.2 Å². The van der Waals surface area contributed by atoms with Crippen molar-refractivity contribution in [1.29, 1.82) is 0 Å². The number of hydrogen-bond donors (Lipinski definition) is 1. The van der Waals surface area contributed by atoms with E-state index >= 15 is 0 Å². The predicted molar refractivity (Wildman–Crippen MR) is 92.4 cm³/mol. The summed E-state index contributed by atoms with van der Waals surface area (Å²) in [6.45, 7) is 12.7. The number of piperazine rings is 1. The van der Waals surface area contributed by atoms with Gasteiger partial charge in [-0.15, -0.1) is 11.3 Å². The minimum atomic E-state index is 0.318. The quantitative estimate of drug-likeness (QED) is 0.852. The number of nitrogens with zero attached hydrogens (tertiary/aromatic N) is 1. The van der Waals surface area contributed by atoms with Gasteiger partial charge in [-0.05, 0) is 33.8 Å². The minimum absolute atomic E-state index is 0.318. The molecule has 114 valence electrons. The van der Waals surface area contributed by atoms with Crippen molar-refractivity contribution >= 4 is 27.3 Å². The van der Waals surface area contributed by atoms with Gasteiger partial charge in [0.15, 0.2) is 0 Å². The molecule has 1 fully saturated rings. The second-order valence-electron chi connectivity index (χ2n) is 6.94. The summed E-state index contributed by atoms with van der Waals surface area (Å²) >= 11 is 5.43. The van der Waals surface area contributed by atoms with Gasteiger partial charge in [0.1, 0.15) is 0 Å².